The summed E-state index contributed by atoms with van der Waals surface area (Å²) in [6.07, 6.45) is 0.750. The van der Waals surface area contributed by atoms with Gasteiger partial charge >= 0.3 is 0 Å². The maximum atomic E-state index is 6.88. The van der Waals surface area contributed by atoms with Gasteiger partial charge in [-0.3, -0.25) is 0 Å². The molecule has 0 aromatic rings. The van der Waals surface area contributed by atoms with Gasteiger partial charge in [-0.1, -0.05) is 0 Å². The molecule has 0 atom stereocenters. The fraction of sp³-hybridized carbons (Fsp3) is 0.800. The minimum atomic E-state index is 0.750. The number of nitriles is 1. The Morgan fingerprint density at radius 3 is 1.25 bits per heavy atom. The highest BCUT2D eigenvalue weighted by molar-refractivity contribution is 4.30. The Hall–Kier alpha value is -0.750. The Bertz CT molecular complexity index is 71.4. The van der Waals surface area contributed by atoms with E-state index in [1.165, 1.54) is 0 Å². The third-order valence-corrected chi connectivity index (χ3v) is 0. The van der Waals surface area contributed by atoms with Crippen molar-refractivity contribution in [1.82, 2.24) is 0 Å². The van der Waals surface area contributed by atoms with Crippen molar-refractivity contribution in [2.24, 2.45) is 0 Å². The molecule has 0 saturated carbocycles. The fourth-order valence-electron chi connectivity index (χ4n) is 0. The second-order valence-electron chi connectivity index (χ2n) is 2.78. The van der Waals surface area contributed by atoms with E-state index in [9.17, 15) is 0 Å². The zero-order chi connectivity index (χ0) is 7.21. The summed E-state index contributed by atoms with van der Waals surface area (Å²) in [6, 6.07) is 0. The summed E-state index contributed by atoms with van der Waals surface area (Å²) in [5, 5.41) is 13.8. The lowest BCUT2D eigenvalue weighted by Crippen LogP contribution is -2.27. The molecule has 0 rings (SSSR count). The summed E-state index contributed by atoms with van der Waals surface area (Å²) in [5.41, 5.74) is 0. The number of hydrogen-bond donors (Lipinski definition) is 1. The number of nitrogens with zero attached hydrogens (tertiary/aromatic N) is 2. The van der Waals surface area contributed by atoms with Crippen LogP contribution in [0.2, 0.25) is 0 Å². The van der Waals surface area contributed by atoms with Gasteiger partial charge < -0.3 is 9.59 Å². The van der Waals surface area contributed by atoms with Crippen molar-refractivity contribution in [3.05, 3.63) is 0 Å². The average molecular weight is 117 g/mol. The second-order valence-corrected chi connectivity index (χ2v) is 2.78. The highest BCUT2D eigenvalue weighted by Gasteiger charge is 1.88. The van der Waals surface area contributed by atoms with Crippen LogP contribution in [0.3, 0.4) is 0 Å². The van der Waals surface area contributed by atoms with E-state index in [-0.39, 0.29) is 0 Å². The minimum absolute atomic E-state index is 0.750. The molecule has 0 radical (unpaired) electrons. The SMILES string of the molecule is C[N+](C)(C)C.N#CO. The summed E-state index contributed by atoms with van der Waals surface area (Å²) in [7, 11) is 8.50. The van der Waals surface area contributed by atoms with Gasteiger partial charge in [-0.2, -0.15) is 5.26 Å². The maximum Gasteiger partial charge on any atom is 0.283 e. The molecule has 0 aliphatic heterocycles. The van der Waals surface area contributed by atoms with E-state index >= 15 is 0 Å². The van der Waals surface area contributed by atoms with Crippen LogP contribution >= 0.6 is 0 Å². The van der Waals surface area contributed by atoms with Gasteiger partial charge in [0.05, 0.1) is 28.2 Å². The van der Waals surface area contributed by atoms with E-state index in [0.29, 0.717) is 0 Å². The molecule has 3 nitrogen and oxygen atoms in total. The van der Waals surface area contributed by atoms with Crippen molar-refractivity contribution in [3.8, 4) is 6.26 Å². The van der Waals surface area contributed by atoms with Crippen LogP contribution < -0.4 is 0 Å². The van der Waals surface area contributed by atoms with E-state index in [1.54, 1.807) is 0 Å². The van der Waals surface area contributed by atoms with Crippen molar-refractivity contribution in [2.75, 3.05) is 28.2 Å². The van der Waals surface area contributed by atoms with E-state index in [2.05, 4.69) is 28.2 Å². The van der Waals surface area contributed by atoms with E-state index < -0.39 is 0 Å². The van der Waals surface area contributed by atoms with Crippen molar-refractivity contribution in [3.63, 3.8) is 0 Å². The first kappa shape index (κ1) is 10.3. The van der Waals surface area contributed by atoms with Crippen LogP contribution in [0.25, 0.3) is 0 Å². The molecule has 0 aliphatic carbocycles. The highest BCUT2D eigenvalue weighted by Crippen LogP contribution is 1.73. The van der Waals surface area contributed by atoms with Gasteiger partial charge in [0, 0.05) is 0 Å². The van der Waals surface area contributed by atoms with E-state index in [4.69, 9.17) is 10.4 Å². The predicted molar refractivity (Wildman–Crippen MR) is 31.5 cm³/mol. The molecular weight excluding hydrogens is 104 g/mol. The first-order valence-corrected chi connectivity index (χ1v) is 2.24. The van der Waals surface area contributed by atoms with Crippen LogP contribution in [0.1, 0.15) is 0 Å². The minimum Gasteiger partial charge on any atom is -0.443 e. The third-order valence-electron chi connectivity index (χ3n) is 0. The summed E-state index contributed by atoms with van der Waals surface area (Å²) < 4.78 is 1.00. The Balaban J connectivity index is 0. The molecule has 0 aliphatic rings. The molecular formula is C5H13N2O+. The molecule has 0 aromatic heterocycles. The zero-order valence-electron chi connectivity index (χ0n) is 5.84. The van der Waals surface area contributed by atoms with Gasteiger partial charge in [-0.25, -0.2) is 0 Å². The van der Waals surface area contributed by atoms with Crippen LogP contribution in [0, 0.1) is 11.5 Å². The van der Waals surface area contributed by atoms with Crippen molar-refractivity contribution in [1.29, 1.82) is 5.26 Å². The van der Waals surface area contributed by atoms with Crippen molar-refractivity contribution in [2.45, 2.75) is 0 Å². The first-order chi connectivity index (χ1) is 3.41. The van der Waals surface area contributed by atoms with E-state index in [0.717, 1.165) is 10.7 Å². The Morgan fingerprint density at radius 1 is 1.25 bits per heavy atom. The molecule has 1 N–H and O–H groups in total. The molecule has 0 heterocycles. The van der Waals surface area contributed by atoms with Gasteiger partial charge in [-0.05, 0) is 0 Å². The van der Waals surface area contributed by atoms with Crippen LogP contribution in [0.4, 0.5) is 0 Å². The number of aliphatic hydroxyl groups is 1. The maximum absolute atomic E-state index is 6.88. The van der Waals surface area contributed by atoms with Crippen LogP contribution in [-0.4, -0.2) is 37.8 Å². The largest absolute Gasteiger partial charge is 0.443 e. The topological polar surface area (TPSA) is 44.0 Å². The summed E-state index contributed by atoms with van der Waals surface area (Å²) in [4.78, 5) is 0. The molecule has 0 saturated heterocycles. The molecule has 0 aromatic carbocycles. The number of aliphatic hydroxyl groups excluding tert-OH is 1. The highest BCUT2D eigenvalue weighted by atomic mass is 16.2. The lowest BCUT2D eigenvalue weighted by molar-refractivity contribution is -0.849. The fourth-order valence-corrected chi connectivity index (χ4v) is 0. The van der Waals surface area contributed by atoms with Crippen LogP contribution in [0.15, 0.2) is 0 Å². The quantitative estimate of drug-likeness (QED) is 0.363. The summed E-state index contributed by atoms with van der Waals surface area (Å²) >= 11 is 0. The Labute approximate surface area is 50.4 Å². The number of quaternary nitrogens is 1. The zero-order valence-corrected chi connectivity index (χ0v) is 5.84. The van der Waals surface area contributed by atoms with Gasteiger partial charge in [0.2, 0.25) is 0 Å². The van der Waals surface area contributed by atoms with Crippen molar-refractivity contribution < 1.29 is 9.59 Å². The lowest BCUT2D eigenvalue weighted by atomic mass is 10.8. The average Bonchev–Trinajstić information content (AvgIpc) is 1.27. The van der Waals surface area contributed by atoms with Crippen LogP contribution in [-0.2, 0) is 0 Å². The standard InChI is InChI=1S/C4H12N.CHNO/c1-5(2,3)4;2-1-3/h1-4H3;3H/q+1;. The van der Waals surface area contributed by atoms with Crippen LogP contribution in [0.5, 0.6) is 0 Å². The van der Waals surface area contributed by atoms with Crippen molar-refractivity contribution >= 4 is 0 Å². The van der Waals surface area contributed by atoms with Gasteiger partial charge in [0.25, 0.3) is 6.26 Å². The van der Waals surface area contributed by atoms with E-state index in [1.807, 2.05) is 0 Å². The molecule has 0 bridgehead atoms. The smallest absolute Gasteiger partial charge is 0.283 e. The Kier molecular flexibility index (Phi) is 5.66. The van der Waals surface area contributed by atoms with Gasteiger partial charge in [0.15, 0.2) is 0 Å². The molecule has 0 fully saturated rings. The summed E-state index contributed by atoms with van der Waals surface area (Å²) in [6.45, 7) is 0. The molecule has 0 unspecified atom stereocenters. The first-order valence-electron chi connectivity index (χ1n) is 2.24. The third kappa shape index (κ3) is 169. The molecule has 8 heavy (non-hydrogen) atoms. The number of rotatable bonds is 0. The number of hydrogen-bond acceptors (Lipinski definition) is 2. The van der Waals surface area contributed by atoms with Gasteiger partial charge in [-0.15, -0.1) is 0 Å². The molecule has 48 valence electrons. The normalized spacial score (nSPS) is 8.38. The lowest BCUT2D eigenvalue weighted by Gasteiger charge is -2.14. The molecule has 0 amide bonds. The monoisotopic (exact) mass is 117 g/mol. The molecule has 3 heteroatoms. The Morgan fingerprint density at radius 2 is 1.25 bits per heavy atom. The molecule has 0 spiro atoms. The van der Waals surface area contributed by atoms with Gasteiger partial charge in [0.1, 0.15) is 0 Å². The summed E-state index contributed by atoms with van der Waals surface area (Å²) in [5.74, 6) is 0. The second kappa shape index (κ2) is 4.41. The predicted octanol–water partition coefficient (Wildman–Crippen LogP) is 0.162.